The molecule has 1 unspecified atom stereocenters. The molecule has 0 saturated carbocycles. The van der Waals surface area contributed by atoms with E-state index in [0.29, 0.717) is 5.88 Å². The third-order valence-corrected chi connectivity index (χ3v) is 1.72. The molecule has 0 amide bonds. The van der Waals surface area contributed by atoms with Gasteiger partial charge in [0.25, 0.3) is 0 Å². The highest BCUT2D eigenvalue weighted by molar-refractivity contribution is 6.18. The molecule has 2 nitrogen and oxygen atoms in total. The molecule has 0 radical (unpaired) electrons. The predicted octanol–water partition coefficient (Wildman–Crippen LogP) is -2.46. The number of aliphatic hydroxyl groups excluding tert-OH is 1. The third-order valence-electron chi connectivity index (χ3n) is 1.28. The Morgan fingerprint density at radius 2 is 1.82 bits per heavy atom. The Hall–Kier alpha value is 0.500. The Morgan fingerprint density at radius 1 is 1.36 bits per heavy atom. The summed E-state index contributed by atoms with van der Waals surface area (Å²) in [6.07, 6.45) is 0. The number of hydrogen-bond donors (Lipinski definition) is 1. The quantitative estimate of drug-likeness (QED) is 0.396. The predicted molar refractivity (Wildman–Crippen MR) is 44.2 cm³/mol. The van der Waals surface area contributed by atoms with Crippen molar-refractivity contribution < 1.29 is 22.0 Å². The fraction of sp³-hybridized carbons (Fsp3) is 1.00. The van der Waals surface area contributed by atoms with Crippen LogP contribution < -0.4 is 12.4 Å². The molecule has 0 aromatic heterocycles. The van der Waals surface area contributed by atoms with E-state index in [1.165, 1.54) is 0 Å². The van der Waals surface area contributed by atoms with Crippen molar-refractivity contribution >= 4 is 11.6 Å². The highest BCUT2D eigenvalue weighted by Gasteiger charge is 2.15. The van der Waals surface area contributed by atoms with Gasteiger partial charge in [-0.2, -0.15) is 0 Å². The molecule has 1 N–H and O–H groups in total. The van der Waals surface area contributed by atoms with Gasteiger partial charge >= 0.3 is 0 Å². The van der Waals surface area contributed by atoms with Crippen LogP contribution in [0.25, 0.3) is 0 Å². The van der Waals surface area contributed by atoms with Crippen LogP contribution in [0.3, 0.4) is 0 Å². The zero-order valence-corrected chi connectivity index (χ0v) is 8.86. The molecule has 0 aliphatic rings. The number of halogens is 2. The van der Waals surface area contributed by atoms with E-state index in [4.69, 9.17) is 16.7 Å². The fourth-order valence-electron chi connectivity index (χ4n) is 0.930. The smallest absolute Gasteiger partial charge is 0.0842 e. The van der Waals surface area contributed by atoms with Gasteiger partial charge in [0.2, 0.25) is 0 Å². The number of hydrogen-bond acceptors (Lipinski definition) is 1. The molecule has 0 aromatic carbocycles. The van der Waals surface area contributed by atoms with Gasteiger partial charge in [-0.1, -0.05) is 0 Å². The van der Waals surface area contributed by atoms with E-state index in [9.17, 15) is 0 Å². The highest BCUT2D eigenvalue weighted by atomic mass is 35.5. The molecule has 4 heteroatoms. The maximum atomic E-state index is 8.79. The van der Waals surface area contributed by atoms with Gasteiger partial charge < -0.3 is 22.0 Å². The molecular weight excluding hydrogens is 185 g/mol. The topological polar surface area (TPSA) is 20.2 Å². The summed E-state index contributed by atoms with van der Waals surface area (Å²) in [4.78, 5) is 0. The highest BCUT2D eigenvalue weighted by Crippen LogP contribution is 2.03. The average Bonchev–Trinajstić information content (AvgIpc) is 1.81. The lowest BCUT2D eigenvalue weighted by molar-refractivity contribution is -0.873. The summed E-state index contributed by atoms with van der Waals surface area (Å²) in [5, 5.41) is 8.79. The number of rotatable bonds is 4. The normalized spacial score (nSPS) is 13.9. The van der Waals surface area contributed by atoms with Crippen LogP contribution in [-0.4, -0.2) is 49.8 Å². The maximum absolute atomic E-state index is 8.79. The minimum absolute atomic E-state index is 0. The summed E-state index contributed by atoms with van der Waals surface area (Å²) in [5.74, 6) is 0.785. The van der Waals surface area contributed by atoms with Crippen LogP contribution >= 0.6 is 11.6 Å². The van der Waals surface area contributed by atoms with Crippen LogP contribution in [0.2, 0.25) is 0 Å². The minimum atomic E-state index is 0. The molecule has 0 heterocycles. The number of quaternary nitrogens is 1. The summed E-state index contributed by atoms with van der Waals surface area (Å²) >= 11 is 5.60. The molecule has 0 bridgehead atoms. The Bertz CT molecular complexity index is 88.9. The summed E-state index contributed by atoms with van der Waals surface area (Å²) in [5.41, 5.74) is 0. The van der Waals surface area contributed by atoms with Crippen molar-refractivity contribution in [3.05, 3.63) is 0 Å². The largest absolute Gasteiger partial charge is 1.00 e. The summed E-state index contributed by atoms with van der Waals surface area (Å²) in [6.45, 7) is 1.12. The minimum Gasteiger partial charge on any atom is -1.00 e. The van der Waals surface area contributed by atoms with Gasteiger partial charge in [-0.25, -0.2) is 0 Å². The van der Waals surface area contributed by atoms with Crippen LogP contribution in [0.5, 0.6) is 0 Å². The molecule has 70 valence electrons. The molecule has 1 atom stereocenters. The van der Waals surface area contributed by atoms with Crippen molar-refractivity contribution in [3.63, 3.8) is 0 Å². The monoisotopic (exact) mass is 201 g/mol. The number of alkyl halides is 1. The van der Waals surface area contributed by atoms with Crippen LogP contribution in [0.4, 0.5) is 0 Å². The number of nitrogens with zero attached hydrogens (tertiary/aromatic N) is 1. The SMILES string of the molecule is C[N+](C)(C)CC(CO)CCl.[Cl-]. The maximum Gasteiger partial charge on any atom is 0.0842 e. The lowest BCUT2D eigenvalue weighted by atomic mass is 10.2. The van der Waals surface area contributed by atoms with Crippen LogP contribution in [0.15, 0.2) is 0 Å². The first-order chi connectivity index (χ1) is 4.49. The fourth-order valence-corrected chi connectivity index (χ4v) is 1.13. The van der Waals surface area contributed by atoms with E-state index in [1.807, 2.05) is 0 Å². The molecule has 0 aliphatic heterocycles. The zero-order chi connectivity index (χ0) is 8.20. The number of aliphatic hydroxyl groups is 1. The molecular formula is C7H17Cl2NO. The summed E-state index contributed by atoms with van der Waals surface area (Å²) in [6, 6.07) is 0. The van der Waals surface area contributed by atoms with E-state index in [0.717, 1.165) is 11.0 Å². The second kappa shape index (κ2) is 6.06. The van der Waals surface area contributed by atoms with Gasteiger partial charge in [0.1, 0.15) is 0 Å². The molecule has 11 heavy (non-hydrogen) atoms. The molecule has 0 aromatic rings. The Balaban J connectivity index is 0. The van der Waals surface area contributed by atoms with Gasteiger partial charge in [-0.3, -0.25) is 0 Å². The molecule has 0 rings (SSSR count). The lowest BCUT2D eigenvalue weighted by Gasteiger charge is -2.27. The van der Waals surface area contributed by atoms with E-state index < -0.39 is 0 Å². The van der Waals surface area contributed by atoms with Gasteiger partial charge in [-0.05, 0) is 0 Å². The summed E-state index contributed by atoms with van der Waals surface area (Å²) < 4.78 is 0.859. The second-order valence-corrected chi connectivity index (χ2v) is 3.98. The van der Waals surface area contributed by atoms with Crippen LogP contribution in [0.1, 0.15) is 0 Å². The van der Waals surface area contributed by atoms with Crippen molar-refractivity contribution in [2.75, 3.05) is 40.2 Å². The first kappa shape index (κ1) is 14.0. The van der Waals surface area contributed by atoms with Crippen molar-refractivity contribution in [2.45, 2.75) is 0 Å². The first-order valence-corrected chi connectivity index (χ1v) is 4.00. The van der Waals surface area contributed by atoms with Gasteiger partial charge in [0.15, 0.2) is 0 Å². The van der Waals surface area contributed by atoms with Crippen molar-refractivity contribution in [1.29, 1.82) is 0 Å². The second-order valence-electron chi connectivity index (χ2n) is 3.68. The van der Waals surface area contributed by atoms with Gasteiger partial charge in [0.05, 0.1) is 34.3 Å². The van der Waals surface area contributed by atoms with E-state index >= 15 is 0 Å². The first-order valence-electron chi connectivity index (χ1n) is 3.47. The van der Waals surface area contributed by atoms with Gasteiger partial charge in [-0.15, -0.1) is 11.6 Å². The van der Waals surface area contributed by atoms with Crippen molar-refractivity contribution in [3.8, 4) is 0 Å². The van der Waals surface area contributed by atoms with Gasteiger partial charge in [0, 0.05) is 11.8 Å². The summed E-state index contributed by atoms with van der Waals surface area (Å²) in [7, 11) is 6.28. The van der Waals surface area contributed by atoms with Crippen molar-refractivity contribution in [1.82, 2.24) is 0 Å². The Labute approximate surface area is 80.1 Å². The molecule has 0 aliphatic carbocycles. The molecule has 0 fully saturated rings. The average molecular weight is 202 g/mol. The molecule has 0 saturated heterocycles. The zero-order valence-electron chi connectivity index (χ0n) is 7.35. The van der Waals surface area contributed by atoms with E-state index in [1.54, 1.807) is 0 Å². The van der Waals surface area contributed by atoms with E-state index in [-0.39, 0.29) is 24.9 Å². The van der Waals surface area contributed by atoms with Crippen molar-refractivity contribution in [2.24, 2.45) is 5.92 Å². The van der Waals surface area contributed by atoms with E-state index in [2.05, 4.69) is 21.1 Å². The lowest BCUT2D eigenvalue weighted by Crippen LogP contribution is -3.00. The Morgan fingerprint density at radius 3 is 1.91 bits per heavy atom. The standard InChI is InChI=1S/C7H17ClNO.ClH/c1-9(2,3)5-7(4-8)6-10;/h7,10H,4-6H2,1-3H3;1H/q+1;/p-1. The Kier molecular flexibility index (Phi) is 7.75. The third kappa shape index (κ3) is 8.41. The van der Waals surface area contributed by atoms with Crippen LogP contribution in [0, 0.1) is 5.92 Å². The van der Waals surface area contributed by atoms with Crippen LogP contribution in [-0.2, 0) is 0 Å². The molecule has 0 spiro atoms.